The second-order valence-electron chi connectivity index (χ2n) is 3.88. The molecule has 0 spiro atoms. The Bertz CT molecular complexity index is 353. The van der Waals surface area contributed by atoms with Crippen molar-refractivity contribution in [3.63, 3.8) is 0 Å². The SMILES string of the molecule is CC[C@@]1(O)CCCc2ccc(Cl)nc21. The highest BCUT2D eigenvalue weighted by Crippen LogP contribution is 2.36. The molecular formula is C11H14ClNO. The Morgan fingerprint density at radius 3 is 3.07 bits per heavy atom. The van der Waals surface area contributed by atoms with Crippen molar-refractivity contribution in [3.8, 4) is 0 Å². The second-order valence-corrected chi connectivity index (χ2v) is 4.27. The summed E-state index contributed by atoms with van der Waals surface area (Å²) in [7, 11) is 0. The number of aliphatic hydroxyl groups is 1. The van der Waals surface area contributed by atoms with Crippen LogP contribution in [-0.4, -0.2) is 10.1 Å². The van der Waals surface area contributed by atoms with Crippen molar-refractivity contribution in [2.45, 2.75) is 38.2 Å². The fourth-order valence-electron chi connectivity index (χ4n) is 2.10. The van der Waals surface area contributed by atoms with Crippen molar-refractivity contribution in [3.05, 3.63) is 28.5 Å². The highest BCUT2D eigenvalue weighted by molar-refractivity contribution is 6.29. The van der Waals surface area contributed by atoms with Crippen LogP contribution in [0.15, 0.2) is 12.1 Å². The molecule has 1 heterocycles. The molecule has 1 aliphatic rings. The zero-order valence-electron chi connectivity index (χ0n) is 8.26. The number of aryl methyl sites for hydroxylation is 1. The first-order chi connectivity index (χ1) is 6.65. The summed E-state index contributed by atoms with van der Waals surface area (Å²) < 4.78 is 0. The van der Waals surface area contributed by atoms with Gasteiger partial charge in [0.1, 0.15) is 10.8 Å². The predicted octanol–water partition coefficient (Wildman–Crippen LogP) is 2.67. The van der Waals surface area contributed by atoms with Gasteiger partial charge in [0.25, 0.3) is 0 Å². The fourth-order valence-corrected chi connectivity index (χ4v) is 2.25. The Morgan fingerprint density at radius 2 is 2.36 bits per heavy atom. The smallest absolute Gasteiger partial charge is 0.129 e. The standard InChI is InChI=1S/C11H14ClNO/c1-2-11(14)7-3-4-8-5-6-9(12)13-10(8)11/h5-6,14H,2-4,7H2,1H3/t11-/m1/s1. The first-order valence-electron chi connectivity index (χ1n) is 5.04. The van der Waals surface area contributed by atoms with E-state index in [-0.39, 0.29) is 0 Å². The van der Waals surface area contributed by atoms with Gasteiger partial charge in [-0.15, -0.1) is 0 Å². The maximum Gasteiger partial charge on any atom is 0.129 e. The molecule has 1 atom stereocenters. The monoisotopic (exact) mass is 211 g/mol. The molecule has 0 saturated heterocycles. The summed E-state index contributed by atoms with van der Waals surface area (Å²) in [5.74, 6) is 0. The zero-order valence-corrected chi connectivity index (χ0v) is 9.01. The van der Waals surface area contributed by atoms with Crippen LogP contribution in [-0.2, 0) is 12.0 Å². The molecule has 2 nitrogen and oxygen atoms in total. The summed E-state index contributed by atoms with van der Waals surface area (Å²) >= 11 is 5.84. The maximum atomic E-state index is 10.3. The molecule has 76 valence electrons. The Balaban J connectivity index is 2.52. The minimum Gasteiger partial charge on any atom is -0.384 e. The zero-order chi connectivity index (χ0) is 10.2. The van der Waals surface area contributed by atoms with Gasteiger partial charge in [-0.2, -0.15) is 0 Å². The number of pyridine rings is 1. The Kier molecular flexibility index (Phi) is 2.50. The summed E-state index contributed by atoms with van der Waals surface area (Å²) in [5, 5.41) is 10.8. The topological polar surface area (TPSA) is 33.1 Å². The van der Waals surface area contributed by atoms with Gasteiger partial charge in [0, 0.05) is 0 Å². The van der Waals surface area contributed by atoms with Gasteiger partial charge in [-0.3, -0.25) is 0 Å². The summed E-state index contributed by atoms with van der Waals surface area (Å²) in [6.45, 7) is 1.98. The van der Waals surface area contributed by atoms with E-state index >= 15 is 0 Å². The van der Waals surface area contributed by atoms with E-state index in [0.717, 1.165) is 30.5 Å². The maximum absolute atomic E-state index is 10.3. The van der Waals surface area contributed by atoms with Crippen molar-refractivity contribution < 1.29 is 5.11 Å². The van der Waals surface area contributed by atoms with Gasteiger partial charge in [-0.1, -0.05) is 24.6 Å². The van der Waals surface area contributed by atoms with Crippen molar-refractivity contribution in [2.24, 2.45) is 0 Å². The third-order valence-corrected chi connectivity index (χ3v) is 3.22. The van der Waals surface area contributed by atoms with Gasteiger partial charge in [-0.05, 0) is 37.3 Å². The predicted molar refractivity (Wildman–Crippen MR) is 56.4 cm³/mol. The molecule has 1 aromatic rings. The number of halogens is 1. The minimum atomic E-state index is -0.752. The Morgan fingerprint density at radius 1 is 1.57 bits per heavy atom. The van der Waals surface area contributed by atoms with Crippen LogP contribution in [0.25, 0.3) is 0 Å². The first kappa shape index (κ1) is 9.94. The summed E-state index contributed by atoms with van der Waals surface area (Å²) in [6.07, 6.45) is 3.53. The van der Waals surface area contributed by atoms with Gasteiger partial charge in [-0.25, -0.2) is 4.98 Å². The molecule has 1 aromatic heterocycles. The molecule has 1 aliphatic carbocycles. The van der Waals surface area contributed by atoms with Gasteiger partial charge in [0.2, 0.25) is 0 Å². The van der Waals surface area contributed by atoms with Crippen LogP contribution in [0.3, 0.4) is 0 Å². The van der Waals surface area contributed by atoms with E-state index in [1.165, 1.54) is 0 Å². The Labute approximate surface area is 88.9 Å². The average Bonchev–Trinajstić information content (AvgIpc) is 2.20. The molecule has 0 saturated carbocycles. The van der Waals surface area contributed by atoms with Gasteiger partial charge in [0.05, 0.1) is 5.69 Å². The molecule has 0 radical (unpaired) electrons. The molecule has 3 heteroatoms. The van der Waals surface area contributed by atoms with Crippen LogP contribution >= 0.6 is 11.6 Å². The van der Waals surface area contributed by atoms with Crippen LogP contribution in [0.2, 0.25) is 5.15 Å². The van der Waals surface area contributed by atoms with Gasteiger partial charge < -0.3 is 5.11 Å². The van der Waals surface area contributed by atoms with E-state index < -0.39 is 5.60 Å². The van der Waals surface area contributed by atoms with E-state index in [0.29, 0.717) is 11.6 Å². The largest absolute Gasteiger partial charge is 0.384 e. The molecule has 0 fully saturated rings. The first-order valence-corrected chi connectivity index (χ1v) is 5.42. The molecular weight excluding hydrogens is 198 g/mol. The molecule has 2 rings (SSSR count). The lowest BCUT2D eigenvalue weighted by Gasteiger charge is -2.32. The van der Waals surface area contributed by atoms with E-state index in [9.17, 15) is 5.11 Å². The number of hydrogen-bond donors (Lipinski definition) is 1. The molecule has 1 N–H and O–H groups in total. The molecule has 14 heavy (non-hydrogen) atoms. The van der Waals surface area contributed by atoms with Crippen LogP contribution in [0.4, 0.5) is 0 Å². The normalized spacial score (nSPS) is 25.9. The van der Waals surface area contributed by atoms with Crippen molar-refractivity contribution in [1.29, 1.82) is 0 Å². The van der Waals surface area contributed by atoms with E-state index in [1.54, 1.807) is 6.07 Å². The van der Waals surface area contributed by atoms with Crippen LogP contribution < -0.4 is 0 Å². The van der Waals surface area contributed by atoms with Crippen molar-refractivity contribution >= 4 is 11.6 Å². The van der Waals surface area contributed by atoms with Gasteiger partial charge in [0.15, 0.2) is 0 Å². The molecule has 0 amide bonds. The third-order valence-electron chi connectivity index (χ3n) is 3.01. The second kappa shape index (κ2) is 3.52. The summed E-state index contributed by atoms with van der Waals surface area (Å²) in [5.41, 5.74) is 1.18. The Hall–Kier alpha value is -0.600. The van der Waals surface area contributed by atoms with Crippen LogP contribution in [0.5, 0.6) is 0 Å². The third kappa shape index (κ3) is 1.53. The highest BCUT2D eigenvalue weighted by atomic mass is 35.5. The lowest BCUT2D eigenvalue weighted by Crippen LogP contribution is -2.31. The van der Waals surface area contributed by atoms with Crippen LogP contribution in [0.1, 0.15) is 37.4 Å². The quantitative estimate of drug-likeness (QED) is 0.725. The number of fused-ring (bicyclic) bond motifs is 1. The highest BCUT2D eigenvalue weighted by Gasteiger charge is 2.34. The van der Waals surface area contributed by atoms with Crippen molar-refractivity contribution in [1.82, 2.24) is 4.98 Å². The van der Waals surface area contributed by atoms with E-state index in [2.05, 4.69) is 4.98 Å². The van der Waals surface area contributed by atoms with E-state index in [1.807, 2.05) is 13.0 Å². The summed E-state index contributed by atoms with van der Waals surface area (Å²) in [4.78, 5) is 4.25. The van der Waals surface area contributed by atoms with E-state index in [4.69, 9.17) is 11.6 Å². The average molecular weight is 212 g/mol. The number of hydrogen-bond acceptors (Lipinski definition) is 2. The lowest BCUT2D eigenvalue weighted by molar-refractivity contribution is 0.0103. The van der Waals surface area contributed by atoms with Gasteiger partial charge >= 0.3 is 0 Å². The number of nitrogens with zero attached hydrogens (tertiary/aromatic N) is 1. The summed E-state index contributed by atoms with van der Waals surface area (Å²) in [6, 6.07) is 3.77. The molecule has 0 bridgehead atoms. The van der Waals surface area contributed by atoms with Crippen molar-refractivity contribution in [2.75, 3.05) is 0 Å². The number of aromatic nitrogens is 1. The minimum absolute atomic E-state index is 0.470. The fraction of sp³-hybridized carbons (Fsp3) is 0.545. The molecule has 0 unspecified atom stereocenters. The molecule has 0 aliphatic heterocycles. The lowest BCUT2D eigenvalue weighted by atomic mass is 9.81. The number of rotatable bonds is 1. The van der Waals surface area contributed by atoms with Crippen LogP contribution in [0, 0.1) is 0 Å². The molecule has 0 aromatic carbocycles.